The van der Waals surface area contributed by atoms with Gasteiger partial charge in [-0.25, -0.2) is 0 Å². The minimum atomic E-state index is -1.70. The molecule has 0 spiro atoms. The first-order chi connectivity index (χ1) is 17.4. The van der Waals surface area contributed by atoms with Gasteiger partial charge in [0.25, 0.3) is 0 Å². The van der Waals surface area contributed by atoms with Crippen LogP contribution in [0.3, 0.4) is 0 Å². The van der Waals surface area contributed by atoms with E-state index >= 15 is 0 Å². The van der Waals surface area contributed by atoms with Gasteiger partial charge in [-0.1, -0.05) is 39.3 Å². The highest BCUT2D eigenvalue weighted by atomic mass is 16.7. The molecule has 10 atom stereocenters. The number of rotatable bonds is 7. The number of ether oxygens (including phenoxy) is 4. The van der Waals surface area contributed by atoms with E-state index in [9.17, 15) is 25.2 Å². The second kappa shape index (κ2) is 10.8. The predicted octanol–water partition coefficient (Wildman–Crippen LogP) is 1.51. The van der Waals surface area contributed by atoms with Crippen LogP contribution in [-0.4, -0.2) is 96.1 Å². The van der Waals surface area contributed by atoms with Crippen molar-refractivity contribution in [3.8, 4) is 0 Å². The summed E-state index contributed by atoms with van der Waals surface area (Å²) in [7, 11) is 3.02. The minimum absolute atomic E-state index is 0.0486. The van der Waals surface area contributed by atoms with E-state index in [1.807, 2.05) is 6.92 Å². The summed E-state index contributed by atoms with van der Waals surface area (Å²) in [4.78, 5) is 12.6. The monoisotopic (exact) mass is 524 g/mol. The van der Waals surface area contributed by atoms with Gasteiger partial charge in [0.1, 0.15) is 23.9 Å². The van der Waals surface area contributed by atoms with Crippen LogP contribution in [0.5, 0.6) is 0 Å². The van der Waals surface area contributed by atoms with Crippen LogP contribution in [0.1, 0.15) is 53.4 Å². The van der Waals surface area contributed by atoms with E-state index in [-0.39, 0.29) is 31.0 Å². The van der Waals surface area contributed by atoms with Gasteiger partial charge in [-0.15, -0.1) is 0 Å². The first kappa shape index (κ1) is 28.8. The summed E-state index contributed by atoms with van der Waals surface area (Å²) in [5.74, 6) is -0.974. The molecule has 3 aliphatic carbocycles. The smallest absolute Gasteiger partial charge is 0.197 e. The van der Waals surface area contributed by atoms with E-state index < -0.39 is 53.6 Å². The van der Waals surface area contributed by atoms with Gasteiger partial charge in [0.05, 0.1) is 19.3 Å². The molecule has 0 amide bonds. The third-order valence-electron chi connectivity index (χ3n) is 9.12. The molecule has 1 saturated carbocycles. The van der Waals surface area contributed by atoms with Crippen LogP contribution in [-0.2, 0) is 23.7 Å². The average Bonchev–Trinajstić information content (AvgIpc) is 3.34. The second-order valence-electron chi connectivity index (χ2n) is 11.9. The maximum atomic E-state index is 12.6. The molecule has 0 aromatic heterocycles. The fourth-order valence-electron chi connectivity index (χ4n) is 7.04. The Kier molecular flexibility index (Phi) is 8.39. The maximum absolute atomic E-state index is 12.6. The van der Waals surface area contributed by atoms with Gasteiger partial charge in [0.15, 0.2) is 18.2 Å². The number of carbonyl (C=O) groups is 1. The number of aliphatic hydroxyl groups excluding tert-OH is 3. The van der Waals surface area contributed by atoms with Crippen LogP contribution < -0.4 is 0 Å². The van der Waals surface area contributed by atoms with Crippen molar-refractivity contribution in [1.82, 2.24) is 0 Å². The molecule has 0 aromatic carbocycles. The summed E-state index contributed by atoms with van der Waals surface area (Å²) in [6.45, 7) is 8.41. The molecule has 4 rings (SSSR count). The summed E-state index contributed by atoms with van der Waals surface area (Å²) >= 11 is 0. The summed E-state index contributed by atoms with van der Waals surface area (Å²) < 4.78 is 22.7. The highest BCUT2D eigenvalue weighted by Crippen LogP contribution is 2.56. The zero-order chi connectivity index (χ0) is 27.3. The molecule has 5 unspecified atom stereocenters. The van der Waals surface area contributed by atoms with Crippen LogP contribution in [0.15, 0.2) is 22.8 Å². The molecular formula is C28H44O9. The molecule has 9 heteroatoms. The van der Waals surface area contributed by atoms with Crippen molar-refractivity contribution in [1.29, 1.82) is 0 Å². The van der Waals surface area contributed by atoms with Gasteiger partial charge in [-0.05, 0) is 54.6 Å². The van der Waals surface area contributed by atoms with E-state index in [4.69, 9.17) is 18.9 Å². The van der Waals surface area contributed by atoms with Gasteiger partial charge in [0.2, 0.25) is 0 Å². The Morgan fingerprint density at radius 1 is 1.14 bits per heavy atom. The van der Waals surface area contributed by atoms with Crippen molar-refractivity contribution in [3.63, 3.8) is 0 Å². The molecule has 1 aliphatic heterocycles. The van der Waals surface area contributed by atoms with Gasteiger partial charge in [-0.3, -0.25) is 4.79 Å². The molecule has 0 radical (unpaired) electrons. The molecule has 0 aromatic rings. The van der Waals surface area contributed by atoms with Crippen LogP contribution in [0, 0.1) is 23.2 Å². The molecule has 210 valence electrons. The summed E-state index contributed by atoms with van der Waals surface area (Å²) in [5, 5.41) is 44.4. The zero-order valence-electron chi connectivity index (χ0n) is 22.8. The van der Waals surface area contributed by atoms with Gasteiger partial charge < -0.3 is 39.4 Å². The Labute approximate surface area is 219 Å². The van der Waals surface area contributed by atoms with Crippen molar-refractivity contribution in [2.24, 2.45) is 23.2 Å². The first-order valence-corrected chi connectivity index (χ1v) is 13.4. The Morgan fingerprint density at radius 3 is 2.46 bits per heavy atom. The predicted molar refractivity (Wildman–Crippen MR) is 134 cm³/mol. The average molecular weight is 525 g/mol. The van der Waals surface area contributed by atoms with Crippen LogP contribution in [0.4, 0.5) is 0 Å². The number of Topliss-reactive ketones (excluding diaryl/α,β-unsaturated/α-hetero) is 1. The standard InChI is InChI=1S/C28H44O9/c1-14(2)16-7-9-27(4)11-18-17(8-10-28(18,33)13-35-6)15(3)21(29)25(20(16)27)37-26-24(32)23(31)22(30)19(36-26)12-34-5/h11,14-15,17,19,21-22,24-26,29-30,32-33H,7-10,12-13H2,1-6H3/t15-,17+,19?,21-,22?,24?,25?,26?,27-,28+/m1/s1. The molecule has 4 aliphatic rings. The van der Waals surface area contributed by atoms with Crippen molar-refractivity contribution >= 4 is 5.78 Å². The third kappa shape index (κ3) is 4.98. The van der Waals surface area contributed by atoms with E-state index in [2.05, 4.69) is 26.8 Å². The minimum Gasteiger partial charge on any atom is -0.390 e. The lowest BCUT2D eigenvalue weighted by Crippen LogP contribution is -2.59. The molecule has 9 nitrogen and oxygen atoms in total. The molecule has 2 fully saturated rings. The largest absolute Gasteiger partial charge is 0.390 e. The number of aliphatic hydroxyl groups is 4. The van der Waals surface area contributed by atoms with Crippen LogP contribution in [0.25, 0.3) is 0 Å². The van der Waals surface area contributed by atoms with Crippen LogP contribution in [0.2, 0.25) is 0 Å². The second-order valence-corrected chi connectivity index (χ2v) is 11.9. The fraction of sp³-hybridized carbons (Fsp3) is 0.821. The number of hydrogen-bond donors (Lipinski definition) is 4. The maximum Gasteiger partial charge on any atom is 0.197 e. The lowest BCUT2D eigenvalue weighted by atomic mass is 9.68. The lowest BCUT2D eigenvalue weighted by Gasteiger charge is -2.45. The molecule has 1 heterocycles. The first-order valence-electron chi connectivity index (χ1n) is 13.4. The third-order valence-corrected chi connectivity index (χ3v) is 9.12. The zero-order valence-corrected chi connectivity index (χ0v) is 22.8. The normalized spacial score (nSPS) is 44.5. The van der Waals surface area contributed by atoms with Gasteiger partial charge in [-0.2, -0.15) is 0 Å². The summed E-state index contributed by atoms with van der Waals surface area (Å²) in [6, 6.07) is 0. The van der Waals surface area contributed by atoms with E-state index in [1.54, 1.807) is 7.11 Å². The number of allylic oxidation sites excluding steroid dienone is 2. The van der Waals surface area contributed by atoms with Gasteiger partial charge >= 0.3 is 0 Å². The Bertz CT molecular complexity index is 929. The number of ketones is 1. The highest BCUT2D eigenvalue weighted by molar-refractivity contribution is 5.88. The SMILES string of the molecule is COCC1OC(OC2C3=C(C(C)C)CC[C@]3(C)C=C3[C@@H](CC[C@]3(O)COC)[C@@H](C)[C@H]2O)C(O)C(=O)C1O. The number of carbonyl (C=O) groups excluding carboxylic acids is 1. The van der Waals surface area contributed by atoms with Crippen molar-refractivity contribution in [3.05, 3.63) is 22.8 Å². The van der Waals surface area contributed by atoms with Crippen molar-refractivity contribution in [2.75, 3.05) is 27.4 Å². The lowest BCUT2D eigenvalue weighted by molar-refractivity contribution is -0.275. The van der Waals surface area contributed by atoms with E-state index in [1.165, 1.54) is 7.11 Å². The van der Waals surface area contributed by atoms with Gasteiger partial charge in [0, 0.05) is 19.6 Å². The molecule has 4 N–H and O–H groups in total. The van der Waals surface area contributed by atoms with Crippen molar-refractivity contribution in [2.45, 2.75) is 95.8 Å². The fourth-order valence-corrected chi connectivity index (χ4v) is 7.04. The summed E-state index contributed by atoms with van der Waals surface area (Å²) in [6.07, 6.45) is -2.41. The summed E-state index contributed by atoms with van der Waals surface area (Å²) in [5.41, 5.74) is 1.38. The Morgan fingerprint density at radius 2 is 1.84 bits per heavy atom. The number of hydrogen-bond acceptors (Lipinski definition) is 9. The Hall–Kier alpha value is -1.17. The quantitative estimate of drug-likeness (QED) is 0.366. The van der Waals surface area contributed by atoms with Crippen LogP contribution >= 0.6 is 0 Å². The molecule has 0 bridgehead atoms. The number of fused-ring (bicyclic) bond motifs is 2. The topological polar surface area (TPSA) is 135 Å². The Balaban J connectivity index is 1.79. The van der Waals surface area contributed by atoms with E-state index in [0.29, 0.717) is 12.8 Å². The van der Waals surface area contributed by atoms with Crippen molar-refractivity contribution < 1.29 is 44.2 Å². The van der Waals surface area contributed by atoms with E-state index in [0.717, 1.165) is 29.6 Å². The number of methoxy groups -OCH3 is 2. The molecule has 37 heavy (non-hydrogen) atoms. The molecular weight excluding hydrogens is 480 g/mol. The highest BCUT2D eigenvalue weighted by Gasteiger charge is 2.55. The molecule has 1 saturated heterocycles.